The van der Waals surface area contributed by atoms with Crippen molar-refractivity contribution in [3.63, 3.8) is 0 Å². The summed E-state index contributed by atoms with van der Waals surface area (Å²) in [6, 6.07) is 10.5. The summed E-state index contributed by atoms with van der Waals surface area (Å²) < 4.78 is 0. The van der Waals surface area contributed by atoms with Crippen LogP contribution in [0.1, 0.15) is 37.5 Å². The number of nitrogens with one attached hydrogen (secondary N) is 4. The van der Waals surface area contributed by atoms with Crippen LogP contribution < -0.4 is 21.3 Å². The SMILES string of the molecule is CC(=O)Nc1ccc(NC(=O)C(=O)NCC(=O)NCC2(c3cccs3)CCCC2)cc1. The summed E-state index contributed by atoms with van der Waals surface area (Å²) in [4.78, 5) is 48.6. The Labute approximate surface area is 184 Å². The van der Waals surface area contributed by atoms with E-state index in [1.807, 2.05) is 11.4 Å². The molecule has 1 fully saturated rings. The second-order valence-corrected chi connectivity index (χ2v) is 8.58. The summed E-state index contributed by atoms with van der Waals surface area (Å²) in [7, 11) is 0. The van der Waals surface area contributed by atoms with Crippen molar-refractivity contribution in [1.82, 2.24) is 10.6 Å². The van der Waals surface area contributed by atoms with Crippen LogP contribution in [-0.2, 0) is 24.6 Å². The Bertz CT molecular complexity index is 935. The first kappa shape index (κ1) is 22.5. The molecule has 0 spiro atoms. The Kier molecular flexibility index (Phi) is 7.41. The van der Waals surface area contributed by atoms with Gasteiger partial charge in [0.1, 0.15) is 0 Å². The average Bonchev–Trinajstić information content (AvgIpc) is 3.44. The minimum Gasteiger partial charge on any atom is -0.354 e. The van der Waals surface area contributed by atoms with Gasteiger partial charge in [-0.2, -0.15) is 0 Å². The molecule has 4 amide bonds. The molecule has 31 heavy (non-hydrogen) atoms. The molecule has 0 aliphatic heterocycles. The van der Waals surface area contributed by atoms with Crippen molar-refractivity contribution < 1.29 is 19.2 Å². The van der Waals surface area contributed by atoms with Gasteiger partial charge in [-0.15, -0.1) is 11.3 Å². The zero-order valence-electron chi connectivity index (χ0n) is 17.3. The first-order valence-electron chi connectivity index (χ1n) is 10.2. The fourth-order valence-corrected chi connectivity index (χ4v) is 4.73. The molecule has 164 valence electrons. The quantitative estimate of drug-likeness (QED) is 0.493. The van der Waals surface area contributed by atoms with E-state index in [-0.39, 0.29) is 23.8 Å². The third kappa shape index (κ3) is 6.14. The van der Waals surface area contributed by atoms with Gasteiger partial charge in [-0.1, -0.05) is 18.9 Å². The number of thiophene rings is 1. The standard InChI is InChI=1S/C22H26N4O4S/c1-15(27)25-16-6-8-17(9-7-16)26-21(30)20(29)23-13-19(28)24-14-22(10-2-3-11-22)18-5-4-12-31-18/h4-9,12H,2-3,10-11,13-14H2,1H3,(H,23,29)(H,24,28)(H,25,27)(H,26,30). The molecule has 9 heteroatoms. The van der Waals surface area contributed by atoms with Crippen molar-refractivity contribution in [3.05, 3.63) is 46.7 Å². The van der Waals surface area contributed by atoms with Crippen LogP contribution in [0.3, 0.4) is 0 Å². The second-order valence-electron chi connectivity index (χ2n) is 7.64. The van der Waals surface area contributed by atoms with Gasteiger partial charge < -0.3 is 21.3 Å². The maximum Gasteiger partial charge on any atom is 0.313 e. The highest BCUT2D eigenvalue weighted by Gasteiger charge is 2.36. The highest BCUT2D eigenvalue weighted by Crippen LogP contribution is 2.42. The van der Waals surface area contributed by atoms with Crippen molar-refractivity contribution in [3.8, 4) is 0 Å². The van der Waals surface area contributed by atoms with Gasteiger partial charge in [0.15, 0.2) is 0 Å². The third-order valence-corrected chi connectivity index (χ3v) is 6.42. The molecule has 1 aliphatic carbocycles. The molecule has 1 aromatic heterocycles. The van der Waals surface area contributed by atoms with E-state index in [1.54, 1.807) is 35.6 Å². The summed E-state index contributed by atoms with van der Waals surface area (Å²) in [5.74, 6) is -2.30. The number of rotatable bonds is 7. The van der Waals surface area contributed by atoms with E-state index in [1.165, 1.54) is 11.8 Å². The molecule has 0 atom stereocenters. The lowest BCUT2D eigenvalue weighted by atomic mass is 9.84. The van der Waals surface area contributed by atoms with E-state index in [0.29, 0.717) is 17.9 Å². The monoisotopic (exact) mass is 442 g/mol. The van der Waals surface area contributed by atoms with Gasteiger partial charge in [0.05, 0.1) is 6.54 Å². The van der Waals surface area contributed by atoms with E-state index in [4.69, 9.17) is 0 Å². The zero-order chi connectivity index (χ0) is 22.3. The first-order valence-corrected chi connectivity index (χ1v) is 11.0. The minimum absolute atomic E-state index is 0.0331. The van der Waals surface area contributed by atoms with Crippen molar-refractivity contribution >= 4 is 46.3 Å². The Morgan fingerprint density at radius 1 is 0.903 bits per heavy atom. The molecule has 3 rings (SSSR count). The molecule has 1 aromatic carbocycles. The highest BCUT2D eigenvalue weighted by atomic mass is 32.1. The van der Waals surface area contributed by atoms with Crippen molar-refractivity contribution in [2.24, 2.45) is 0 Å². The molecule has 0 bridgehead atoms. The van der Waals surface area contributed by atoms with E-state index >= 15 is 0 Å². The van der Waals surface area contributed by atoms with Gasteiger partial charge in [0.25, 0.3) is 0 Å². The molecular formula is C22H26N4O4S. The summed E-state index contributed by atoms with van der Waals surface area (Å²) in [6.07, 6.45) is 4.33. The van der Waals surface area contributed by atoms with Crippen LogP contribution in [0.4, 0.5) is 11.4 Å². The summed E-state index contributed by atoms with van der Waals surface area (Å²) in [5.41, 5.74) is 0.946. The van der Waals surface area contributed by atoms with Gasteiger partial charge >= 0.3 is 11.8 Å². The number of benzene rings is 1. The highest BCUT2D eigenvalue weighted by molar-refractivity contribution is 7.10. The van der Waals surface area contributed by atoms with Gasteiger partial charge in [-0.3, -0.25) is 19.2 Å². The molecule has 2 aromatic rings. The zero-order valence-corrected chi connectivity index (χ0v) is 18.1. The molecule has 0 unspecified atom stereocenters. The topological polar surface area (TPSA) is 116 Å². The fraction of sp³-hybridized carbons (Fsp3) is 0.364. The minimum atomic E-state index is -0.894. The lowest BCUT2D eigenvalue weighted by Gasteiger charge is -2.28. The summed E-state index contributed by atoms with van der Waals surface area (Å²) in [6.45, 7) is 1.65. The maximum absolute atomic E-state index is 12.2. The van der Waals surface area contributed by atoms with E-state index in [2.05, 4.69) is 27.3 Å². The van der Waals surface area contributed by atoms with Crippen LogP contribution in [0, 0.1) is 0 Å². The van der Waals surface area contributed by atoms with Gasteiger partial charge in [0.2, 0.25) is 11.8 Å². The summed E-state index contributed by atoms with van der Waals surface area (Å²) >= 11 is 1.70. The average molecular weight is 443 g/mol. The lowest BCUT2D eigenvalue weighted by Crippen LogP contribution is -2.45. The van der Waals surface area contributed by atoms with Crippen LogP contribution in [0.5, 0.6) is 0 Å². The molecule has 0 radical (unpaired) electrons. The maximum atomic E-state index is 12.2. The van der Waals surface area contributed by atoms with Crippen LogP contribution in [0.25, 0.3) is 0 Å². The molecule has 1 heterocycles. The summed E-state index contributed by atoms with van der Waals surface area (Å²) in [5, 5.41) is 12.4. The van der Waals surface area contributed by atoms with Gasteiger partial charge in [-0.25, -0.2) is 0 Å². The van der Waals surface area contributed by atoms with Crippen LogP contribution >= 0.6 is 11.3 Å². The second kappa shape index (κ2) is 10.2. The lowest BCUT2D eigenvalue weighted by molar-refractivity contribution is -0.136. The normalized spacial score (nSPS) is 14.5. The van der Waals surface area contributed by atoms with Crippen LogP contribution in [-0.4, -0.2) is 36.7 Å². The predicted molar refractivity (Wildman–Crippen MR) is 120 cm³/mol. The molecule has 4 N–H and O–H groups in total. The molecule has 1 saturated carbocycles. The number of hydrogen-bond acceptors (Lipinski definition) is 5. The Balaban J connectivity index is 1.43. The molecule has 0 saturated heterocycles. The fourth-order valence-electron chi connectivity index (χ4n) is 3.74. The Morgan fingerprint density at radius 3 is 2.13 bits per heavy atom. The first-order chi connectivity index (χ1) is 14.9. The predicted octanol–water partition coefficient (Wildman–Crippen LogP) is 2.39. The van der Waals surface area contributed by atoms with Gasteiger partial charge in [0, 0.05) is 35.1 Å². The Morgan fingerprint density at radius 2 is 1.55 bits per heavy atom. The largest absolute Gasteiger partial charge is 0.354 e. The number of anilines is 2. The van der Waals surface area contributed by atoms with Gasteiger partial charge in [-0.05, 0) is 48.6 Å². The number of carbonyl (C=O) groups is 4. The Hall–Kier alpha value is -3.20. The smallest absolute Gasteiger partial charge is 0.313 e. The van der Waals surface area contributed by atoms with Crippen LogP contribution in [0.15, 0.2) is 41.8 Å². The number of carbonyl (C=O) groups excluding carboxylic acids is 4. The van der Waals surface area contributed by atoms with E-state index < -0.39 is 11.8 Å². The molecular weight excluding hydrogens is 416 g/mol. The van der Waals surface area contributed by atoms with Crippen molar-refractivity contribution in [2.45, 2.75) is 38.0 Å². The van der Waals surface area contributed by atoms with E-state index in [0.717, 1.165) is 25.7 Å². The van der Waals surface area contributed by atoms with Crippen molar-refractivity contribution in [1.29, 1.82) is 0 Å². The third-order valence-electron chi connectivity index (χ3n) is 5.31. The number of amides is 4. The van der Waals surface area contributed by atoms with Crippen molar-refractivity contribution in [2.75, 3.05) is 23.7 Å². The number of hydrogen-bond donors (Lipinski definition) is 4. The molecule has 8 nitrogen and oxygen atoms in total. The van der Waals surface area contributed by atoms with Crippen LogP contribution in [0.2, 0.25) is 0 Å². The van der Waals surface area contributed by atoms with E-state index in [9.17, 15) is 19.2 Å². The molecule has 1 aliphatic rings.